The molecule has 0 aliphatic rings. The minimum atomic E-state index is -0.570. The Balaban J connectivity index is 2.48. The molecule has 1 aromatic heterocycles. The second-order valence-corrected chi connectivity index (χ2v) is 4.80. The number of H-pyrrole nitrogens is 1. The maximum Gasteiger partial charge on any atom is 0.301 e. The average Bonchev–Trinajstić information content (AvgIpc) is 2.79. The lowest BCUT2D eigenvalue weighted by Crippen LogP contribution is -2.29. The quantitative estimate of drug-likeness (QED) is 0.378. The Kier molecular flexibility index (Phi) is 4.50. The SMILES string of the molecule is COc1ccc([N+](=O)[O-])cc1N=Nc1c(C)[nH]n(C(N)=S)c1=O. The van der Waals surface area contributed by atoms with Gasteiger partial charge in [-0.1, -0.05) is 0 Å². The number of benzene rings is 1. The van der Waals surface area contributed by atoms with E-state index in [0.29, 0.717) is 5.69 Å². The van der Waals surface area contributed by atoms with Crippen molar-refractivity contribution in [1.29, 1.82) is 0 Å². The van der Waals surface area contributed by atoms with E-state index < -0.39 is 10.5 Å². The highest BCUT2D eigenvalue weighted by Crippen LogP contribution is 2.32. The molecule has 2 rings (SSSR count). The summed E-state index contributed by atoms with van der Waals surface area (Å²) in [7, 11) is 1.39. The highest BCUT2D eigenvalue weighted by atomic mass is 32.1. The van der Waals surface area contributed by atoms with Crippen LogP contribution in [-0.4, -0.2) is 26.9 Å². The Hall–Kier alpha value is -3.08. The van der Waals surface area contributed by atoms with E-state index >= 15 is 0 Å². The van der Waals surface area contributed by atoms with Crippen LogP contribution in [0.3, 0.4) is 0 Å². The first-order chi connectivity index (χ1) is 10.8. The Labute approximate surface area is 134 Å². The van der Waals surface area contributed by atoms with Crippen LogP contribution in [0.1, 0.15) is 5.69 Å². The minimum Gasteiger partial charge on any atom is -0.494 e. The molecular weight excluding hydrogens is 324 g/mol. The molecule has 0 aliphatic heterocycles. The molecule has 0 bridgehead atoms. The second kappa shape index (κ2) is 6.36. The van der Waals surface area contributed by atoms with Crippen molar-refractivity contribution in [2.45, 2.75) is 6.92 Å². The third-order valence-electron chi connectivity index (χ3n) is 2.89. The molecule has 0 atom stereocenters. The molecule has 0 aliphatic carbocycles. The standard InChI is InChI=1S/C12H12N6O4S/c1-6-10(11(19)17(16-6)12(13)23)15-14-8-5-7(18(20)21)3-4-9(8)22-2/h3-5,16H,1-2H3,(H2,13,23). The zero-order chi connectivity index (χ0) is 17.1. The number of non-ortho nitro benzene ring substituents is 1. The van der Waals surface area contributed by atoms with Gasteiger partial charge < -0.3 is 10.5 Å². The molecule has 0 fully saturated rings. The van der Waals surface area contributed by atoms with Crippen molar-refractivity contribution in [1.82, 2.24) is 9.78 Å². The van der Waals surface area contributed by atoms with E-state index in [1.165, 1.54) is 25.3 Å². The number of rotatable bonds is 4. The molecule has 0 spiro atoms. The summed E-state index contributed by atoms with van der Waals surface area (Å²) in [6.07, 6.45) is 0. The van der Waals surface area contributed by atoms with Crippen LogP contribution in [-0.2, 0) is 0 Å². The number of nitrogens with one attached hydrogen (secondary N) is 1. The van der Waals surface area contributed by atoms with Gasteiger partial charge in [-0.15, -0.1) is 10.2 Å². The van der Waals surface area contributed by atoms with Crippen LogP contribution >= 0.6 is 12.2 Å². The number of nitro groups is 1. The van der Waals surface area contributed by atoms with Gasteiger partial charge in [0, 0.05) is 12.1 Å². The van der Waals surface area contributed by atoms with Gasteiger partial charge in [0.15, 0.2) is 10.8 Å². The topological polar surface area (TPSA) is 141 Å². The molecule has 2 aromatic rings. The molecule has 0 saturated carbocycles. The van der Waals surface area contributed by atoms with Crippen molar-refractivity contribution < 1.29 is 9.66 Å². The number of aromatic nitrogens is 2. The van der Waals surface area contributed by atoms with E-state index in [-0.39, 0.29) is 27.9 Å². The summed E-state index contributed by atoms with van der Waals surface area (Å²) in [5, 5.41) is 21.0. The molecule has 0 amide bonds. The normalized spacial score (nSPS) is 10.9. The number of azo groups is 1. The summed E-state index contributed by atoms with van der Waals surface area (Å²) < 4.78 is 6.01. The van der Waals surface area contributed by atoms with Gasteiger partial charge in [-0.3, -0.25) is 20.0 Å². The first kappa shape index (κ1) is 16.3. The van der Waals surface area contributed by atoms with Gasteiger partial charge in [-0.2, -0.15) is 4.68 Å². The molecule has 11 heteroatoms. The monoisotopic (exact) mass is 336 g/mol. The molecule has 10 nitrogen and oxygen atoms in total. The minimum absolute atomic E-state index is 0.00800. The van der Waals surface area contributed by atoms with E-state index in [1.54, 1.807) is 6.92 Å². The molecule has 3 N–H and O–H groups in total. The fourth-order valence-corrected chi connectivity index (χ4v) is 1.91. The average molecular weight is 336 g/mol. The smallest absolute Gasteiger partial charge is 0.301 e. The first-order valence-electron chi connectivity index (χ1n) is 6.20. The van der Waals surface area contributed by atoms with Crippen molar-refractivity contribution in [3.63, 3.8) is 0 Å². The van der Waals surface area contributed by atoms with Gasteiger partial charge in [0.25, 0.3) is 5.69 Å². The fourth-order valence-electron chi connectivity index (χ4n) is 1.78. The summed E-state index contributed by atoms with van der Waals surface area (Å²) in [6.45, 7) is 1.59. The van der Waals surface area contributed by atoms with Crippen LogP contribution in [0, 0.1) is 17.0 Å². The highest BCUT2D eigenvalue weighted by Gasteiger charge is 2.14. The van der Waals surface area contributed by atoms with Crippen LogP contribution in [0.4, 0.5) is 17.1 Å². The predicted octanol–water partition coefficient (Wildman–Crippen LogP) is 1.91. The zero-order valence-corrected chi connectivity index (χ0v) is 13.0. The van der Waals surface area contributed by atoms with Crippen LogP contribution in [0.2, 0.25) is 0 Å². The third kappa shape index (κ3) is 3.23. The van der Waals surface area contributed by atoms with Crippen molar-refractivity contribution in [2.24, 2.45) is 16.0 Å². The lowest BCUT2D eigenvalue weighted by Gasteiger charge is -2.02. The van der Waals surface area contributed by atoms with Crippen molar-refractivity contribution in [3.05, 3.63) is 44.4 Å². The van der Waals surface area contributed by atoms with E-state index in [2.05, 4.69) is 15.3 Å². The van der Waals surface area contributed by atoms with Gasteiger partial charge in [0.05, 0.1) is 17.7 Å². The number of thiocarbonyl (C=S) groups is 1. The molecule has 120 valence electrons. The lowest BCUT2D eigenvalue weighted by atomic mass is 10.2. The van der Waals surface area contributed by atoms with Gasteiger partial charge in [-0.05, 0) is 25.2 Å². The largest absolute Gasteiger partial charge is 0.494 e. The van der Waals surface area contributed by atoms with Crippen molar-refractivity contribution >= 4 is 34.4 Å². The van der Waals surface area contributed by atoms with E-state index in [0.717, 1.165) is 4.68 Å². The fraction of sp³-hybridized carbons (Fsp3) is 0.167. The van der Waals surface area contributed by atoms with Crippen LogP contribution in [0.25, 0.3) is 0 Å². The zero-order valence-electron chi connectivity index (χ0n) is 12.1. The van der Waals surface area contributed by atoms with E-state index in [4.69, 9.17) is 22.7 Å². The molecule has 0 unspecified atom stereocenters. The van der Waals surface area contributed by atoms with Crippen molar-refractivity contribution in [3.8, 4) is 5.75 Å². The number of aromatic amines is 1. The summed E-state index contributed by atoms with van der Waals surface area (Å²) in [5.41, 5.74) is 5.16. The van der Waals surface area contributed by atoms with Gasteiger partial charge in [-0.25, -0.2) is 0 Å². The number of aryl methyl sites for hydroxylation is 1. The number of hydrogen-bond donors (Lipinski definition) is 2. The molecule has 0 radical (unpaired) electrons. The maximum atomic E-state index is 12.1. The Morgan fingerprint density at radius 2 is 2.17 bits per heavy atom. The third-order valence-corrected chi connectivity index (χ3v) is 3.07. The Morgan fingerprint density at radius 3 is 2.70 bits per heavy atom. The lowest BCUT2D eigenvalue weighted by molar-refractivity contribution is -0.384. The summed E-state index contributed by atoms with van der Waals surface area (Å²) in [6, 6.07) is 3.86. The molecule has 0 saturated heterocycles. The predicted molar refractivity (Wildman–Crippen MR) is 85.8 cm³/mol. The molecule has 1 heterocycles. The number of hydrogen-bond acceptors (Lipinski definition) is 7. The van der Waals surface area contributed by atoms with Gasteiger partial charge >= 0.3 is 5.56 Å². The summed E-state index contributed by atoms with van der Waals surface area (Å²) in [4.78, 5) is 22.3. The number of methoxy groups -OCH3 is 1. The number of nitrogens with zero attached hydrogens (tertiary/aromatic N) is 4. The Bertz CT molecular complexity index is 869. The molecular formula is C12H12N6O4S. The van der Waals surface area contributed by atoms with E-state index in [1.807, 2.05) is 0 Å². The van der Waals surface area contributed by atoms with Crippen LogP contribution in [0.15, 0.2) is 33.2 Å². The number of nitro benzene ring substituents is 1. The summed E-state index contributed by atoms with van der Waals surface area (Å²) >= 11 is 4.73. The van der Waals surface area contributed by atoms with Crippen LogP contribution in [0.5, 0.6) is 5.75 Å². The Morgan fingerprint density at radius 1 is 1.48 bits per heavy atom. The van der Waals surface area contributed by atoms with Crippen LogP contribution < -0.4 is 16.0 Å². The second-order valence-electron chi connectivity index (χ2n) is 4.38. The van der Waals surface area contributed by atoms with Gasteiger partial charge in [0.2, 0.25) is 0 Å². The summed E-state index contributed by atoms with van der Waals surface area (Å²) in [5.74, 6) is 0.280. The van der Waals surface area contributed by atoms with E-state index in [9.17, 15) is 14.9 Å². The number of ether oxygens (including phenoxy) is 1. The highest BCUT2D eigenvalue weighted by molar-refractivity contribution is 7.80. The molecule has 1 aromatic carbocycles. The van der Waals surface area contributed by atoms with Crippen molar-refractivity contribution in [2.75, 3.05) is 7.11 Å². The first-order valence-corrected chi connectivity index (χ1v) is 6.61. The van der Waals surface area contributed by atoms with Gasteiger partial charge in [0.1, 0.15) is 11.4 Å². The maximum absolute atomic E-state index is 12.1. The number of nitrogens with two attached hydrogens (primary N) is 1. The molecule has 23 heavy (non-hydrogen) atoms.